The van der Waals surface area contributed by atoms with Crippen molar-refractivity contribution in [3.05, 3.63) is 64.9 Å². The molecule has 1 aliphatic heterocycles. The van der Waals surface area contributed by atoms with Gasteiger partial charge in [0, 0.05) is 46.9 Å². The van der Waals surface area contributed by atoms with Gasteiger partial charge in [0.05, 0.1) is 12.6 Å². The summed E-state index contributed by atoms with van der Waals surface area (Å²) in [6.45, 7) is 4.72. The Morgan fingerprint density at radius 2 is 1.94 bits per heavy atom. The smallest absolute Gasteiger partial charge is 0.404 e. The Morgan fingerprint density at radius 3 is 2.59 bits per heavy atom. The minimum absolute atomic E-state index is 0.00831. The summed E-state index contributed by atoms with van der Waals surface area (Å²) < 4.78 is 51.0. The van der Waals surface area contributed by atoms with Crippen LogP contribution in [-0.2, 0) is 6.42 Å². The van der Waals surface area contributed by atoms with Crippen molar-refractivity contribution in [1.29, 1.82) is 0 Å². The number of nitrogens with one attached hydrogen (secondary N) is 2. The quantitative estimate of drug-likeness (QED) is 0.412. The number of ether oxygens (including phenoxy) is 1. The number of carbonyl (C=O) groups is 1. The van der Waals surface area contributed by atoms with Gasteiger partial charge < -0.3 is 20.1 Å². The third kappa shape index (κ3) is 4.84. The molecule has 9 heteroatoms. The van der Waals surface area contributed by atoms with Crippen LogP contribution in [-0.4, -0.2) is 52.5 Å². The summed E-state index contributed by atoms with van der Waals surface area (Å²) in [5.41, 5.74) is 0.723. The first-order valence-electron chi connectivity index (χ1n) is 11.2. The van der Waals surface area contributed by atoms with Crippen LogP contribution in [0.3, 0.4) is 0 Å². The van der Waals surface area contributed by atoms with Crippen LogP contribution in [0.2, 0.25) is 0 Å². The minimum Gasteiger partial charge on any atom is -0.492 e. The molecule has 0 saturated heterocycles. The number of aromatic amines is 1. The molecule has 34 heavy (non-hydrogen) atoms. The average Bonchev–Trinajstić information content (AvgIpc) is 3.10. The number of aromatic nitrogens is 1. The molecule has 3 N–H and O–H groups in total. The van der Waals surface area contributed by atoms with Crippen LogP contribution in [0, 0.1) is 11.6 Å². The van der Waals surface area contributed by atoms with Crippen LogP contribution in [0.25, 0.3) is 10.9 Å². The monoisotopic (exact) mass is 475 g/mol. The second kappa shape index (κ2) is 9.21. The summed E-state index contributed by atoms with van der Waals surface area (Å²) in [5, 5.41) is 11.7. The topological polar surface area (TPSA) is 77.6 Å². The van der Waals surface area contributed by atoms with Crippen molar-refractivity contribution in [2.75, 3.05) is 19.7 Å². The molecule has 2 aromatic carbocycles. The average molecular weight is 476 g/mol. The first-order chi connectivity index (χ1) is 16.0. The molecule has 0 bridgehead atoms. The van der Waals surface area contributed by atoms with Gasteiger partial charge in [-0.3, -0.25) is 4.90 Å². The maximum atomic E-state index is 15.5. The van der Waals surface area contributed by atoms with E-state index in [2.05, 4.69) is 10.3 Å². The van der Waals surface area contributed by atoms with E-state index in [1.807, 2.05) is 31.2 Å². The first-order valence-corrected chi connectivity index (χ1v) is 11.2. The Morgan fingerprint density at radius 1 is 1.26 bits per heavy atom. The van der Waals surface area contributed by atoms with E-state index in [1.54, 1.807) is 4.90 Å². The normalized spacial score (nSPS) is 18.6. The maximum absolute atomic E-state index is 15.5. The molecule has 6 nitrogen and oxygen atoms in total. The van der Waals surface area contributed by atoms with Gasteiger partial charge in [0.1, 0.15) is 29.7 Å². The highest BCUT2D eigenvalue weighted by atomic mass is 19.1. The van der Waals surface area contributed by atoms with Crippen LogP contribution in [0.4, 0.5) is 18.0 Å². The summed E-state index contributed by atoms with van der Waals surface area (Å²) in [6.07, 6.45) is -0.597. The van der Waals surface area contributed by atoms with Crippen molar-refractivity contribution < 1.29 is 27.8 Å². The zero-order valence-electron chi connectivity index (χ0n) is 19.3. The Labute approximate surface area is 195 Å². The molecule has 2 heterocycles. The van der Waals surface area contributed by atoms with Crippen molar-refractivity contribution >= 4 is 17.0 Å². The van der Waals surface area contributed by atoms with Crippen molar-refractivity contribution in [3.63, 3.8) is 0 Å². The van der Waals surface area contributed by atoms with E-state index < -0.39 is 29.4 Å². The highest BCUT2D eigenvalue weighted by molar-refractivity contribution is 5.85. The fourth-order valence-electron chi connectivity index (χ4n) is 4.73. The Kier molecular flexibility index (Phi) is 6.49. The molecule has 1 aromatic heterocycles. The minimum atomic E-state index is -1.58. The number of halogens is 3. The largest absolute Gasteiger partial charge is 0.492 e. The molecule has 0 radical (unpaired) electrons. The van der Waals surface area contributed by atoms with E-state index in [4.69, 9.17) is 9.84 Å². The second-order valence-electron chi connectivity index (χ2n) is 9.29. The molecule has 0 fully saturated rings. The van der Waals surface area contributed by atoms with Crippen molar-refractivity contribution in [3.8, 4) is 5.75 Å². The third-order valence-electron chi connectivity index (χ3n) is 6.05. The number of H-pyrrole nitrogens is 1. The lowest BCUT2D eigenvalue weighted by atomic mass is 9.87. The number of fused-ring (bicyclic) bond motifs is 3. The lowest BCUT2D eigenvalue weighted by Gasteiger charge is -2.43. The summed E-state index contributed by atoms with van der Waals surface area (Å²) in [4.78, 5) is 15.7. The fraction of sp³-hybridized carbons (Fsp3) is 0.400. The van der Waals surface area contributed by atoms with E-state index in [-0.39, 0.29) is 37.1 Å². The Hall–Kier alpha value is -3.20. The molecule has 0 aliphatic carbocycles. The van der Waals surface area contributed by atoms with Gasteiger partial charge in [-0.15, -0.1) is 0 Å². The van der Waals surface area contributed by atoms with Gasteiger partial charge in [0.2, 0.25) is 0 Å². The lowest BCUT2D eigenvalue weighted by Crippen LogP contribution is -2.48. The summed E-state index contributed by atoms with van der Waals surface area (Å²) in [5.74, 6) is -1.68. The highest BCUT2D eigenvalue weighted by Crippen LogP contribution is 2.43. The van der Waals surface area contributed by atoms with Crippen LogP contribution >= 0.6 is 0 Å². The van der Waals surface area contributed by atoms with Gasteiger partial charge in [-0.05, 0) is 38.8 Å². The number of benzene rings is 2. The Balaban J connectivity index is 1.77. The standard InChI is InChI=1S/C25H28F3N3O3/c1-14-10-17-16-6-4-5-7-20(16)30-22(17)23(31(14)13-25(2,3)28)21-18(26)11-15(12-19(21)27)34-9-8-29-24(32)33/h4-7,11-12,14,23,29-30H,8-10,13H2,1-3H3,(H,32,33)/t14-,23-/m1/s1. The summed E-state index contributed by atoms with van der Waals surface area (Å²) in [7, 11) is 0. The molecule has 0 unspecified atom stereocenters. The van der Waals surface area contributed by atoms with E-state index in [0.29, 0.717) is 12.1 Å². The molecule has 0 saturated carbocycles. The predicted molar refractivity (Wildman–Crippen MR) is 123 cm³/mol. The number of amides is 1. The van der Waals surface area contributed by atoms with Gasteiger partial charge in [0.15, 0.2) is 0 Å². The molecule has 0 spiro atoms. The van der Waals surface area contributed by atoms with E-state index in [1.165, 1.54) is 13.8 Å². The lowest BCUT2D eigenvalue weighted by molar-refractivity contribution is 0.0642. The second-order valence-corrected chi connectivity index (χ2v) is 9.29. The molecule has 182 valence electrons. The molecule has 2 atom stereocenters. The van der Waals surface area contributed by atoms with Gasteiger partial charge in [-0.1, -0.05) is 18.2 Å². The van der Waals surface area contributed by atoms with Crippen LogP contribution < -0.4 is 10.1 Å². The molecule has 1 amide bonds. The van der Waals surface area contributed by atoms with Gasteiger partial charge in [-0.25, -0.2) is 18.0 Å². The number of alkyl halides is 1. The first kappa shape index (κ1) is 23.9. The van der Waals surface area contributed by atoms with Gasteiger partial charge in [-0.2, -0.15) is 0 Å². The molecule has 1 aliphatic rings. The fourth-order valence-corrected chi connectivity index (χ4v) is 4.73. The zero-order chi connectivity index (χ0) is 24.6. The van der Waals surface area contributed by atoms with E-state index in [9.17, 15) is 9.18 Å². The van der Waals surface area contributed by atoms with Gasteiger partial charge >= 0.3 is 6.09 Å². The van der Waals surface area contributed by atoms with Crippen molar-refractivity contribution in [1.82, 2.24) is 15.2 Å². The maximum Gasteiger partial charge on any atom is 0.404 e. The van der Waals surface area contributed by atoms with Crippen LogP contribution in [0.5, 0.6) is 5.75 Å². The molecular formula is C25H28F3N3O3. The number of carboxylic acid groups (broad SMARTS) is 1. The number of nitrogens with zero attached hydrogens (tertiary/aromatic N) is 1. The van der Waals surface area contributed by atoms with E-state index in [0.717, 1.165) is 28.6 Å². The number of hydrogen-bond acceptors (Lipinski definition) is 3. The van der Waals surface area contributed by atoms with Crippen LogP contribution in [0.15, 0.2) is 36.4 Å². The Bertz CT molecular complexity index is 1180. The molecular weight excluding hydrogens is 447 g/mol. The zero-order valence-corrected chi connectivity index (χ0v) is 19.3. The SMILES string of the molecule is C[C@@H]1Cc2c([nH]c3ccccc23)[C@@H](c2c(F)cc(OCCNC(=O)O)cc2F)N1CC(C)(C)F. The number of para-hydroxylation sites is 1. The van der Waals surface area contributed by atoms with Crippen LogP contribution in [0.1, 0.15) is 43.6 Å². The number of hydrogen-bond donors (Lipinski definition) is 3. The number of rotatable bonds is 7. The van der Waals surface area contributed by atoms with Gasteiger partial charge in [0.25, 0.3) is 0 Å². The summed E-state index contributed by atoms with van der Waals surface area (Å²) >= 11 is 0. The molecule has 4 rings (SSSR count). The van der Waals surface area contributed by atoms with E-state index >= 15 is 8.78 Å². The summed E-state index contributed by atoms with van der Waals surface area (Å²) in [6, 6.07) is 8.83. The predicted octanol–water partition coefficient (Wildman–Crippen LogP) is 5.18. The van der Waals surface area contributed by atoms with Crippen molar-refractivity contribution in [2.24, 2.45) is 0 Å². The van der Waals surface area contributed by atoms with Crippen molar-refractivity contribution in [2.45, 2.75) is 44.9 Å². The third-order valence-corrected chi connectivity index (χ3v) is 6.05. The molecule has 3 aromatic rings. The highest BCUT2D eigenvalue weighted by Gasteiger charge is 2.41.